The molecule has 0 spiro atoms. The molecule has 0 bridgehead atoms. The van der Waals surface area contributed by atoms with Gasteiger partial charge in [-0.05, 0) is 50.1 Å². The van der Waals surface area contributed by atoms with Crippen LogP contribution in [0.2, 0.25) is 0 Å². The van der Waals surface area contributed by atoms with Crippen LogP contribution in [0.25, 0.3) is 0 Å². The lowest BCUT2D eigenvalue weighted by Crippen LogP contribution is -2.37. The molecule has 1 nitrogen and oxygen atoms in total. The van der Waals surface area contributed by atoms with Gasteiger partial charge < -0.3 is 5.32 Å². The average Bonchev–Trinajstić information content (AvgIpc) is 2.78. The molecule has 0 aliphatic heterocycles. The summed E-state index contributed by atoms with van der Waals surface area (Å²) < 4.78 is 0. The maximum absolute atomic E-state index is 3.64. The lowest BCUT2D eigenvalue weighted by molar-refractivity contribution is 0.396. The number of rotatable bonds is 3. The van der Waals surface area contributed by atoms with E-state index in [9.17, 15) is 0 Å². The molecule has 0 heterocycles. The summed E-state index contributed by atoms with van der Waals surface area (Å²) in [6, 6.07) is 10.9. The Hall–Kier alpha value is -0.820. The van der Waals surface area contributed by atoms with E-state index in [1.54, 1.807) is 0 Å². The van der Waals surface area contributed by atoms with E-state index in [-0.39, 0.29) is 5.54 Å². The highest BCUT2D eigenvalue weighted by atomic mass is 15.0. The van der Waals surface area contributed by atoms with Crippen molar-refractivity contribution in [2.24, 2.45) is 11.3 Å². The zero-order valence-corrected chi connectivity index (χ0v) is 11.7. The summed E-state index contributed by atoms with van der Waals surface area (Å²) >= 11 is 0. The number of hydrogen-bond donors (Lipinski definition) is 1. The van der Waals surface area contributed by atoms with Gasteiger partial charge in [0.05, 0.1) is 0 Å². The smallest absolute Gasteiger partial charge is 0.00966 e. The molecule has 1 aliphatic carbocycles. The van der Waals surface area contributed by atoms with E-state index in [0.29, 0.717) is 5.41 Å². The summed E-state index contributed by atoms with van der Waals surface area (Å²) in [5, 5.41) is 3.64. The number of hydrogen-bond acceptors (Lipinski definition) is 1. The molecule has 1 N–H and O–H groups in total. The van der Waals surface area contributed by atoms with Crippen molar-refractivity contribution < 1.29 is 0 Å². The van der Waals surface area contributed by atoms with Gasteiger partial charge in [0.2, 0.25) is 0 Å². The van der Waals surface area contributed by atoms with E-state index < -0.39 is 0 Å². The van der Waals surface area contributed by atoms with Gasteiger partial charge in [0.1, 0.15) is 0 Å². The van der Waals surface area contributed by atoms with Crippen molar-refractivity contribution in [1.82, 2.24) is 5.32 Å². The summed E-state index contributed by atoms with van der Waals surface area (Å²) in [7, 11) is 0. The zero-order valence-electron chi connectivity index (χ0n) is 11.7. The van der Waals surface area contributed by atoms with Gasteiger partial charge in [0.25, 0.3) is 0 Å². The van der Waals surface area contributed by atoms with Gasteiger partial charge in [-0.15, -0.1) is 0 Å². The summed E-state index contributed by atoms with van der Waals surface area (Å²) in [6.45, 7) is 12.6. The minimum absolute atomic E-state index is 0.222. The third-order valence-electron chi connectivity index (χ3n) is 4.06. The minimum atomic E-state index is 0.222. The van der Waals surface area contributed by atoms with Gasteiger partial charge in [-0.25, -0.2) is 0 Å². The van der Waals surface area contributed by atoms with E-state index in [0.717, 1.165) is 18.4 Å². The Morgan fingerprint density at radius 1 is 1.12 bits per heavy atom. The van der Waals surface area contributed by atoms with Crippen LogP contribution >= 0.6 is 0 Å². The average molecular weight is 231 g/mol. The topological polar surface area (TPSA) is 12.0 Å². The zero-order chi connectivity index (χ0) is 12.7. The third-order valence-corrected chi connectivity index (χ3v) is 4.06. The predicted molar refractivity (Wildman–Crippen MR) is 74.2 cm³/mol. The van der Waals surface area contributed by atoms with Crippen LogP contribution in [0.4, 0.5) is 0 Å². The molecule has 2 rings (SSSR count). The van der Waals surface area contributed by atoms with Gasteiger partial charge in [-0.2, -0.15) is 0 Å². The molecule has 17 heavy (non-hydrogen) atoms. The van der Waals surface area contributed by atoms with Gasteiger partial charge in [-0.3, -0.25) is 0 Å². The Kier molecular flexibility index (Phi) is 3.07. The van der Waals surface area contributed by atoms with Gasteiger partial charge in [0.15, 0.2) is 0 Å². The van der Waals surface area contributed by atoms with Crippen molar-refractivity contribution in [3.63, 3.8) is 0 Å². The van der Waals surface area contributed by atoms with Crippen LogP contribution in [0.1, 0.15) is 46.1 Å². The van der Waals surface area contributed by atoms with E-state index in [2.05, 4.69) is 70.3 Å². The Bertz CT molecular complexity index is 372. The molecule has 2 atom stereocenters. The van der Waals surface area contributed by atoms with Crippen LogP contribution in [0, 0.1) is 11.3 Å². The second-order valence-electron chi connectivity index (χ2n) is 6.95. The van der Waals surface area contributed by atoms with E-state index in [1.165, 1.54) is 5.56 Å². The summed E-state index contributed by atoms with van der Waals surface area (Å²) in [6.07, 6.45) is 0. The fraction of sp³-hybridized carbons (Fsp3) is 0.625. The van der Waals surface area contributed by atoms with Crippen molar-refractivity contribution >= 4 is 0 Å². The number of benzene rings is 1. The first-order valence-corrected chi connectivity index (χ1v) is 6.62. The maximum Gasteiger partial charge on any atom is 0.00966 e. The van der Waals surface area contributed by atoms with Gasteiger partial charge in [0, 0.05) is 5.54 Å². The van der Waals surface area contributed by atoms with Crippen LogP contribution in [-0.2, 0) is 0 Å². The Morgan fingerprint density at radius 3 is 2.24 bits per heavy atom. The van der Waals surface area contributed by atoms with Crippen LogP contribution in [0.5, 0.6) is 0 Å². The van der Waals surface area contributed by atoms with Crippen molar-refractivity contribution in [2.45, 2.75) is 46.1 Å². The molecule has 1 aromatic rings. The second-order valence-corrected chi connectivity index (χ2v) is 6.95. The first-order chi connectivity index (χ1) is 7.82. The van der Waals surface area contributed by atoms with E-state index in [1.807, 2.05) is 0 Å². The monoisotopic (exact) mass is 231 g/mol. The van der Waals surface area contributed by atoms with E-state index >= 15 is 0 Å². The summed E-state index contributed by atoms with van der Waals surface area (Å²) in [4.78, 5) is 0. The molecule has 0 radical (unpaired) electrons. The highest BCUT2D eigenvalue weighted by molar-refractivity contribution is 5.31. The molecule has 1 heteroatoms. The first-order valence-electron chi connectivity index (χ1n) is 6.62. The SMILES string of the molecule is CC(C)(C)NCC1C(c2ccccc2)C1(C)C. The van der Waals surface area contributed by atoms with Crippen LogP contribution in [0.3, 0.4) is 0 Å². The van der Waals surface area contributed by atoms with Gasteiger partial charge >= 0.3 is 0 Å². The maximum atomic E-state index is 3.64. The predicted octanol–water partition coefficient (Wildman–Crippen LogP) is 3.81. The van der Waals surface area contributed by atoms with Crippen LogP contribution < -0.4 is 5.32 Å². The molecular formula is C16H25N. The molecular weight excluding hydrogens is 206 g/mol. The molecule has 0 aromatic heterocycles. The molecule has 1 fully saturated rings. The molecule has 0 amide bonds. The summed E-state index contributed by atoms with van der Waals surface area (Å²) in [5.41, 5.74) is 2.16. The standard InChI is InChI=1S/C16H25N/c1-15(2,3)17-11-13-14(16(13,4)5)12-9-7-6-8-10-12/h6-10,13-14,17H,11H2,1-5H3. The van der Waals surface area contributed by atoms with Crippen molar-refractivity contribution in [1.29, 1.82) is 0 Å². The van der Waals surface area contributed by atoms with Crippen LogP contribution in [0.15, 0.2) is 30.3 Å². The normalized spacial score (nSPS) is 26.9. The Morgan fingerprint density at radius 2 is 1.71 bits per heavy atom. The molecule has 0 saturated heterocycles. The Balaban J connectivity index is 2.02. The largest absolute Gasteiger partial charge is 0.312 e. The second kappa shape index (κ2) is 4.13. The van der Waals surface area contributed by atoms with Crippen molar-refractivity contribution in [3.8, 4) is 0 Å². The first kappa shape index (κ1) is 12.6. The van der Waals surface area contributed by atoms with E-state index in [4.69, 9.17) is 0 Å². The lowest BCUT2D eigenvalue weighted by Gasteiger charge is -2.21. The quantitative estimate of drug-likeness (QED) is 0.834. The molecule has 1 aliphatic rings. The molecule has 2 unspecified atom stereocenters. The summed E-state index contributed by atoms with van der Waals surface area (Å²) in [5.74, 6) is 1.49. The molecule has 94 valence electrons. The third kappa shape index (κ3) is 2.71. The fourth-order valence-electron chi connectivity index (χ4n) is 2.86. The fourth-order valence-corrected chi connectivity index (χ4v) is 2.86. The highest BCUT2D eigenvalue weighted by Gasteiger charge is 2.57. The minimum Gasteiger partial charge on any atom is -0.312 e. The highest BCUT2D eigenvalue weighted by Crippen LogP contribution is 2.64. The van der Waals surface area contributed by atoms with Crippen LogP contribution in [-0.4, -0.2) is 12.1 Å². The number of nitrogens with one attached hydrogen (secondary N) is 1. The Labute approximate surface area is 106 Å². The molecule has 1 aromatic carbocycles. The molecule has 1 saturated carbocycles. The van der Waals surface area contributed by atoms with Gasteiger partial charge in [-0.1, -0.05) is 44.2 Å². The van der Waals surface area contributed by atoms with Crippen molar-refractivity contribution in [3.05, 3.63) is 35.9 Å². The lowest BCUT2D eigenvalue weighted by atomic mass is 10.0. The van der Waals surface area contributed by atoms with Crippen molar-refractivity contribution in [2.75, 3.05) is 6.54 Å².